The van der Waals surface area contributed by atoms with Crippen molar-refractivity contribution >= 4 is 10.9 Å². The monoisotopic (exact) mass is 523 g/mol. The predicted molar refractivity (Wildman–Crippen MR) is 147 cm³/mol. The number of aromatic nitrogens is 1. The summed E-state index contributed by atoms with van der Waals surface area (Å²) < 4.78 is 5.60. The average Bonchev–Trinajstić information content (AvgIpc) is 3.23. The lowest BCUT2D eigenvalue weighted by Gasteiger charge is -2.63. The third-order valence-electron chi connectivity index (χ3n) is 12.2. The highest BCUT2D eigenvalue weighted by Gasteiger charge is 2.65. The molecule has 1 unspecified atom stereocenters. The standard InChI is InChI=1S/C32H45NO5/c1-17-5-9-25-21(13-17)30(37)38-28(33-25)10-6-18(2)22-7-8-23-29-24(16-27(36)32(22,23)4)31(3)12-11-20(34)14-19(31)15-26(29)35/h5,9,13,18-20,22-24,26-27,29,34-36H,6-8,10-12,14-16H2,1-4H3/t18-,19+,20-,22-,23+,24?,26-,27+,29+,31+,32-/m1/s1. The smallest absolute Gasteiger partial charge is 0.346 e. The molecule has 11 atom stereocenters. The molecule has 208 valence electrons. The van der Waals surface area contributed by atoms with Gasteiger partial charge in [-0.15, -0.1) is 0 Å². The molecule has 38 heavy (non-hydrogen) atoms. The van der Waals surface area contributed by atoms with Crippen LogP contribution in [0.2, 0.25) is 0 Å². The lowest BCUT2D eigenvalue weighted by molar-refractivity contribution is -0.207. The minimum atomic E-state index is -0.390. The molecule has 4 fully saturated rings. The van der Waals surface area contributed by atoms with E-state index in [1.54, 1.807) is 0 Å². The number of benzene rings is 1. The Balaban J connectivity index is 1.21. The first kappa shape index (κ1) is 26.5. The number of aliphatic hydroxyl groups is 3. The number of hydrogen-bond acceptors (Lipinski definition) is 6. The molecule has 6 rings (SSSR count). The van der Waals surface area contributed by atoms with Crippen LogP contribution in [-0.2, 0) is 6.42 Å². The van der Waals surface area contributed by atoms with Gasteiger partial charge in [0.05, 0.1) is 29.2 Å². The van der Waals surface area contributed by atoms with Gasteiger partial charge in [0.2, 0.25) is 0 Å². The van der Waals surface area contributed by atoms with E-state index >= 15 is 0 Å². The van der Waals surface area contributed by atoms with Gasteiger partial charge in [0, 0.05) is 6.42 Å². The Labute approximate surface area is 225 Å². The van der Waals surface area contributed by atoms with Crippen molar-refractivity contribution in [3.05, 3.63) is 40.1 Å². The third-order valence-corrected chi connectivity index (χ3v) is 12.2. The van der Waals surface area contributed by atoms with Gasteiger partial charge in [0.15, 0.2) is 5.89 Å². The van der Waals surface area contributed by atoms with Gasteiger partial charge in [0.25, 0.3) is 0 Å². The van der Waals surface area contributed by atoms with Crippen LogP contribution in [0.25, 0.3) is 10.9 Å². The molecule has 3 N–H and O–H groups in total. The zero-order valence-electron chi connectivity index (χ0n) is 23.4. The molecule has 2 aromatic rings. The second kappa shape index (κ2) is 9.42. The SMILES string of the molecule is Cc1ccc2nc(CC[C@@H](C)[C@H]3CC[C@H]4[C@H]5C(C[C@H](O)[C@]34C)[C@@]3(C)CC[C@@H](O)C[C@H]3C[C@H]5O)oc(=O)c2c1. The van der Waals surface area contributed by atoms with Gasteiger partial charge < -0.3 is 19.7 Å². The van der Waals surface area contributed by atoms with E-state index in [-0.39, 0.29) is 34.6 Å². The maximum absolute atomic E-state index is 12.6. The van der Waals surface area contributed by atoms with Crippen LogP contribution in [0, 0.1) is 53.3 Å². The van der Waals surface area contributed by atoms with Gasteiger partial charge in [-0.2, -0.15) is 0 Å². The number of fused-ring (bicyclic) bond motifs is 6. The molecule has 1 aromatic carbocycles. The Morgan fingerprint density at radius 3 is 2.66 bits per heavy atom. The van der Waals surface area contributed by atoms with Crippen LogP contribution < -0.4 is 5.63 Å². The summed E-state index contributed by atoms with van der Waals surface area (Å²) in [6.07, 6.45) is 6.71. The van der Waals surface area contributed by atoms with Crippen LogP contribution in [0.3, 0.4) is 0 Å². The summed E-state index contributed by atoms with van der Waals surface area (Å²) in [5.74, 6) is 2.36. The molecule has 0 radical (unpaired) electrons. The second-order valence-electron chi connectivity index (χ2n) is 14.0. The quantitative estimate of drug-likeness (QED) is 0.520. The normalized spacial score (nSPS) is 43.3. The number of nitrogens with zero attached hydrogens (tertiary/aromatic N) is 1. The zero-order chi connectivity index (χ0) is 27.0. The topological polar surface area (TPSA) is 104 Å². The van der Waals surface area contributed by atoms with E-state index in [9.17, 15) is 20.1 Å². The van der Waals surface area contributed by atoms with Crippen LogP contribution in [-0.4, -0.2) is 38.6 Å². The number of rotatable bonds is 4. The Bertz CT molecular complexity index is 1260. The Morgan fingerprint density at radius 2 is 1.87 bits per heavy atom. The summed E-state index contributed by atoms with van der Waals surface area (Å²) >= 11 is 0. The van der Waals surface area contributed by atoms with E-state index in [1.807, 2.05) is 25.1 Å². The van der Waals surface area contributed by atoms with Crippen molar-refractivity contribution in [1.82, 2.24) is 4.98 Å². The number of aryl methyl sites for hydroxylation is 2. The largest absolute Gasteiger partial charge is 0.408 e. The molecule has 0 amide bonds. The maximum atomic E-state index is 12.6. The van der Waals surface area contributed by atoms with Crippen molar-refractivity contribution in [3.8, 4) is 0 Å². The highest BCUT2D eigenvalue weighted by atomic mass is 16.4. The van der Waals surface area contributed by atoms with Crippen LogP contribution in [0.15, 0.2) is 27.4 Å². The molecular weight excluding hydrogens is 478 g/mol. The highest BCUT2D eigenvalue weighted by Crippen LogP contribution is 2.68. The number of hydrogen-bond donors (Lipinski definition) is 3. The second-order valence-corrected chi connectivity index (χ2v) is 14.0. The fraction of sp³-hybridized carbons (Fsp3) is 0.750. The van der Waals surface area contributed by atoms with Crippen LogP contribution in [0.1, 0.15) is 83.6 Å². The van der Waals surface area contributed by atoms with E-state index in [2.05, 4.69) is 25.8 Å². The summed E-state index contributed by atoms with van der Waals surface area (Å²) in [7, 11) is 0. The third kappa shape index (κ3) is 4.00. The molecule has 4 aliphatic rings. The van der Waals surface area contributed by atoms with E-state index < -0.39 is 6.10 Å². The van der Waals surface area contributed by atoms with E-state index in [0.717, 1.165) is 56.9 Å². The molecule has 0 aliphatic heterocycles. The Hall–Kier alpha value is -1.76. The first-order valence-electron chi connectivity index (χ1n) is 15.0. The fourth-order valence-electron chi connectivity index (χ4n) is 10.0. The molecule has 1 aromatic heterocycles. The minimum absolute atomic E-state index is 0.0903. The van der Waals surface area contributed by atoms with Gasteiger partial charge in [-0.3, -0.25) is 0 Å². The van der Waals surface area contributed by atoms with Crippen molar-refractivity contribution < 1.29 is 19.7 Å². The number of aliphatic hydroxyl groups excluding tert-OH is 3. The van der Waals surface area contributed by atoms with Crippen LogP contribution in [0.4, 0.5) is 0 Å². The molecule has 0 saturated heterocycles. The van der Waals surface area contributed by atoms with Gasteiger partial charge in [-0.25, -0.2) is 9.78 Å². The molecular formula is C32H45NO5. The average molecular weight is 524 g/mol. The Morgan fingerprint density at radius 1 is 1.08 bits per heavy atom. The fourth-order valence-corrected chi connectivity index (χ4v) is 10.0. The molecule has 1 heterocycles. The van der Waals surface area contributed by atoms with Crippen molar-refractivity contribution in [2.24, 2.45) is 46.3 Å². The molecule has 4 saturated carbocycles. The molecule has 0 spiro atoms. The maximum Gasteiger partial charge on any atom is 0.346 e. The van der Waals surface area contributed by atoms with Crippen LogP contribution in [0.5, 0.6) is 0 Å². The van der Waals surface area contributed by atoms with Gasteiger partial charge >= 0.3 is 5.63 Å². The zero-order valence-corrected chi connectivity index (χ0v) is 23.4. The lowest BCUT2D eigenvalue weighted by atomic mass is 9.43. The highest BCUT2D eigenvalue weighted by molar-refractivity contribution is 5.77. The summed E-state index contributed by atoms with van der Waals surface area (Å²) in [4.78, 5) is 17.2. The first-order chi connectivity index (χ1) is 18.0. The molecule has 0 bridgehead atoms. The van der Waals surface area contributed by atoms with Crippen molar-refractivity contribution in [2.45, 2.75) is 104 Å². The summed E-state index contributed by atoms with van der Waals surface area (Å²) in [6, 6.07) is 5.69. The van der Waals surface area contributed by atoms with Crippen molar-refractivity contribution in [2.75, 3.05) is 0 Å². The van der Waals surface area contributed by atoms with Crippen molar-refractivity contribution in [3.63, 3.8) is 0 Å². The van der Waals surface area contributed by atoms with E-state index in [0.29, 0.717) is 52.8 Å². The summed E-state index contributed by atoms with van der Waals surface area (Å²) in [5, 5.41) is 34.1. The van der Waals surface area contributed by atoms with Crippen LogP contribution >= 0.6 is 0 Å². The first-order valence-corrected chi connectivity index (χ1v) is 15.0. The van der Waals surface area contributed by atoms with Crippen molar-refractivity contribution in [1.29, 1.82) is 0 Å². The molecule has 6 heteroatoms. The van der Waals surface area contributed by atoms with Gasteiger partial charge in [0.1, 0.15) is 0 Å². The Kier molecular flexibility index (Phi) is 6.56. The van der Waals surface area contributed by atoms with Gasteiger partial charge in [-0.1, -0.05) is 32.4 Å². The minimum Gasteiger partial charge on any atom is -0.408 e. The summed E-state index contributed by atoms with van der Waals surface area (Å²) in [6.45, 7) is 8.89. The van der Waals surface area contributed by atoms with Gasteiger partial charge in [-0.05, 0) is 117 Å². The van der Waals surface area contributed by atoms with E-state index in [4.69, 9.17) is 4.42 Å². The van der Waals surface area contributed by atoms with E-state index in [1.165, 1.54) is 0 Å². The summed E-state index contributed by atoms with van der Waals surface area (Å²) in [5.41, 5.74) is 1.24. The molecule has 4 aliphatic carbocycles. The predicted octanol–water partition coefficient (Wildman–Crippen LogP) is 5.03. The molecule has 6 nitrogen and oxygen atoms in total. The lowest BCUT2D eigenvalue weighted by Crippen LogP contribution is -2.62.